The van der Waals surface area contributed by atoms with Gasteiger partial charge in [-0.25, -0.2) is 0 Å². The van der Waals surface area contributed by atoms with Gasteiger partial charge in [-0.05, 0) is 41.0 Å². The molecule has 0 aromatic carbocycles. The third kappa shape index (κ3) is 2.56. The van der Waals surface area contributed by atoms with Crippen molar-refractivity contribution in [2.75, 3.05) is 6.54 Å². The molecule has 0 amide bonds. The minimum Gasteiger partial charge on any atom is -0.388 e. The summed E-state index contributed by atoms with van der Waals surface area (Å²) in [6.45, 7) is 0.524. The maximum atomic E-state index is 9.44. The van der Waals surface area contributed by atoms with Crippen molar-refractivity contribution in [3.63, 3.8) is 0 Å². The molecular formula is C7H10BrNOS. The first-order valence-corrected chi connectivity index (χ1v) is 4.98. The highest BCUT2D eigenvalue weighted by atomic mass is 79.9. The number of hydrogen-bond donors (Lipinski definition) is 2. The molecule has 0 aliphatic carbocycles. The van der Waals surface area contributed by atoms with E-state index in [0.29, 0.717) is 13.0 Å². The number of halogens is 1. The molecule has 0 aliphatic rings. The Labute approximate surface area is 78.2 Å². The maximum Gasteiger partial charge on any atom is 0.0894 e. The predicted octanol–water partition coefficient (Wildman–Crippen LogP) is 1.89. The molecule has 1 aromatic heterocycles. The van der Waals surface area contributed by atoms with Gasteiger partial charge in [0.1, 0.15) is 0 Å². The standard InChI is InChI=1S/C7H10BrNOS/c8-7-2-1-6(11-7)5(10)3-4-9/h1-2,5,10H,3-4,9H2/t5-/m1/s1. The van der Waals surface area contributed by atoms with E-state index < -0.39 is 6.10 Å². The number of thiophene rings is 1. The van der Waals surface area contributed by atoms with Crippen molar-refractivity contribution in [3.8, 4) is 0 Å². The highest BCUT2D eigenvalue weighted by molar-refractivity contribution is 9.11. The SMILES string of the molecule is NCC[C@@H](O)c1ccc(Br)s1. The number of hydrogen-bond acceptors (Lipinski definition) is 3. The first kappa shape index (κ1) is 9.19. The van der Waals surface area contributed by atoms with Gasteiger partial charge in [0, 0.05) is 4.88 Å². The Morgan fingerprint density at radius 3 is 2.82 bits per heavy atom. The summed E-state index contributed by atoms with van der Waals surface area (Å²) in [4.78, 5) is 0.974. The Balaban J connectivity index is 2.60. The van der Waals surface area contributed by atoms with Crippen LogP contribution in [0.15, 0.2) is 15.9 Å². The molecule has 0 spiro atoms. The van der Waals surface area contributed by atoms with Crippen LogP contribution in [0.1, 0.15) is 17.4 Å². The van der Waals surface area contributed by atoms with Crippen LogP contribution in [0, 0.1) is 0 Å². The Morgan fingerprint density at radius 1 is 1.64 bits per heavy atom. The van der Waals surface area contributed by atoms with Crippen LogP contribution in [0.2, 0.25) is 0 Å². The Morgan fingerprint density at radius 2 is 2.36 bits per heavy atom. The van der Waals surface area contributed by atoms with Crippen LogP contribution in [0.5, 0.6) is 0 Å². The summed E-state index contributed by atoms with van der Waals surface area (Å²) < 4.78 is 1.04. The zero-order chi connectivity index (χ0) is 8.27. The van der Waals surface area contributed by atoms with Crippen molar-refractivity contribution in [1.82, 2.24) is 0 Å². The molecule has 1 heterocycles. The van der Waals surface area contributed by atoms with Gasteiger partial charge in [-0.3, -0.25) is 0 Å². The monoisotopic (exact) mass is 235 g/mol. The highest BCUT2D eigenvalue weighted by Crippen LogP contribution is 2.28. The lowest BCUT2D eigenvalue weighted by Gasteiger charge is -2.04. The predicted molar refractivity (Wildman–Crippen MR) is 50.7 cm³/mol. The largest absolute Gasteiger partial charge is 0.388 e. The summed E-state index contributed by atoms with van der Waals surface area (Å²) in [7, 11) is 0. The third-order valence-electron chi connectivity index (χ3n) is 1.36. The molecule has 0 saturated heterocycles. The average Bonchev–Trinajstić information content (AvgIpc) is 2.36. The van der Waals surface area contributed by atoms with E-state index in [1.54, 1.807) is 11.3 Å². The minimum atomic E-state index is -0.392. The van der Waals surface area contributed by atoms with E-state index in [1.807, 2.05) is 12.1 Å². The van der Waals surface area contributed by atoms with Crippen LogP contribution in [0.3, 0.4) is 0 Å². The highest BCUT2D eigenvalue weighted by Gasteiger charge is 2.07. The third-order valence-corrected chi connectivity index (χ3v) is 3.09. The van der Waals surface area contributed by atoms with Gasteiger partial charge in [-0.1, -0.05) is 0 Å². The van der Waals surface area contributed by atoms with Crippen LogP contribution in [-0.2, 0) is 0 Å². The van der Waals surface area contributed by atoms with Crippen molar-refractivity contribution in [3.05, 3.63) is 20.8 Å². The van der Waals surface area contributed by atoms with Crippen LogP contribution >= 0.6 is 27.3 Å². The maximum absolute atomic E-state index is 9.44. The van der Waals surface area contributed by atoms with Gasteiger partial charge >= 0.3 is 0 Å². The lowest BCUT2D eigenvalue weighted by atomic mass is 10.2. The molecule has 0 radical (unpaired) electrons. The lowest BCUT2D eigenvalue weighted by Crippen LogP contribution is -2.05. The molecule has 1 aromatic rings. The van der Waals surface area contributed by atoms with Gasteiger partial charge in [0.2, 0.25) is 0 Å². The number of rotatable bonds is 3. The quantitative estimate of drug-likeness (QED) is 0.841. The van der Waals surface area contributed by atoms with Gasteiger partial charge in [-0.15, -0.1) is 11.3 Å². The van der Waals surface area contributed by atoms with Crippen LogP contribution < -0.4 is 5.73 Å². The topological polar surface area (TPSA) is 46.2 Å². The summed E-state index contributed by atoms with van der Waals surface area (Å²) >= 11 is 4.87. The zero-order valence-electron chi connectivity index (χ0n) is 5.96. The average molecular weight is 236 g/mol. The molecule has 62 valence electrons. The molecule has 1 atom stereocenters. The fourth-order valence-corrected chi connectivity index (χ4v) is 2.25. The lowest BCUT2D eigenvalue weighted by molar-refractivity contribution is 0.174. The first-order valence-electron chi connectivity index (χ1n) is 3.37. The summed E-state index contributed by atoms with van der Waals surface area (Å²) in [6, 6.07) is 3.84. The second-order valence-corrected chi connectivity index (χ2v) is 4.73. The van der Waals surface area contributed by atoms with Crippen LogP contribution in [-0.4, -0.2) is 11.7 Å². The van der Waals surface area contributed by atoms with Gasteiger partial charge in [0.25, 0.3) is 0 Å². The van der Waals surface area contributed by atoms with Crippen molar-refractivity contribution in [1.29, 1.82) is 0 Å². The molecule has 0 saturated carbocycles. The molecule has 2 nitrogen and oxygen atoms in total. The molecule has 3 N–H and O–H groups in total. The normalized spacial score (nSPS) is 13.4. The Kier molecular flexibility index (Phi) is 3.51. The summed E-state index contributed by atoms with van der Waals surface area (Å²) in [5.41, 5.74) is 5.31. The molecule has 1 rings (SSSR count). The molecule has 0 aliphatic heterocycles. The van der Waals surface area contributed by atoms with E-state index in [2.05, 4.69) is 15.9 Å². The molecule has 0 bridgehead atoms. The summed E-state index contributed by atoms with van der Waals surface area (Å²) in [5.74, 6) is 0. The van der Waals surface area contributed by atoms with Crippen LogP contribution in [0.4, 0.5) is 0 Å². The number of nitrogens with two attached hydrogens (primary N) is 1. The fourth-order valence-electron chi connectivity index (χ4n) is 0.807. The Hall–Kier alpha value is 0.1000. The van der Waals surface area contributed by atoms with Crippen molar-refractivity contribution >= 4 is 27.3 Å². The minimum absolute atomic E-state index is 0.392. The number of aliphatic hydroxyl groups is 1. The van der Waals surface area contributed by atoms with E-state index >= 15 is 0 Å². The van der Waals surface area contributed by atoms with Crippen molar-refractivity contribution in [2.24, 2.45) is 5.73 Å². The molecular weight excluding hydrogens is 226 g/mol. The molecule has 0 fully saturated rings. The fraction of sp³-hybridized carbons (Fsp3) is 0.429. The molecule has 4 heteroatoms. The Bertz CT molecular complexity index is 226. The van der Waals surface area contributed by atoms with Crippen molar-refractivity contribution < 1.29 is 5.11 Å². The number of aliphatic hydroxyl groups excluding tert-OH is 1. The van der Waals surface area contributed by atoms with E-state index in [4.69, 9.17) is 5.73 Å². The van der Waals surface area contributed by atoms with Crippen LogP contribution in [0.25, 0.3) is 0 Å². The van der Waals surface area contributed by atoms with E-state index in [1.165, 1.54) is 0 Å². The van der Waals surface area contributed by atoms with Crippen molar-refractivity contribution in [2.45, 2.75) is 12.5 Å². The second-order valence-electron chi connectivity index (χ2n) is 2.24. The van der Waals surface area contributed by atoms with E-state index in [9.17, 15) is 5.11 Å². The summed E-state index contributed by atoms with van der Waals surface area (Å²) in [5, 5.41) is 9.44. The summed E-state index contributed by atoms with van der Waals surface area (Å²) in [6.07, 6.45) is 0.240. The van der Waals surface area contributed by atoms with E-state index in [0.717, 1.165) is 8.66 Å². The second kappa shape index (κ2) is 4.21. The molecule has 11 heavy (non-hydrogen) atoms. The van der Waals surface area contributed by atoms with Gasteiger partial charge < -0.3 is 10.8 Å². The zero-order valence-corrected chi connectivity index (χ0v) is 8.36. The smallest absolute Gasteiger partial charge is 0.0894 e. The van der Waals surface area contributed by atoms with Gasteiger partial charge in [0.15, 0.2) is 0 Å². The molecule has 0 unspecified atom stereocenters. The van der Waals surface area contributed by atoms with E-state index in [-0.39, 0.29) is 0 Å². The van der Waals surface area contributed by atoms with Gasteiger partial charge in [-0.2, -0.15) is 0 Å². The first-order chi connectivity index (χ1) is 5.24. The van der Waals surface area contributed by atoms with Gasteiger partial charge in [0.05, 0.1) is 9.89 Å².